The van der Waals surface area contributed by atoms with Crippen LogP contribution in [0.3, 0.4) is 0 Å². The number of anilines is 1. The highest BCUT2D eigenvalue weighted by Crippen LogP contribution is 2.43. The molecular weight excluding hydrogens is 502 g/mol. The van der Waals surface area contributed by atoms with Crippen molar-refractivity contribution in [2.45, 2.75) is 52.5 Å². The van der Waals surface area contributed by atoms with Gasteiger partial charge in [-0.1, -0.05) is 55.7 Å². The van der Waals surface area contributed by atoms with Crippen molar-refractivity contribution in [3.8, 4) is 5.75 Å². The minimum absolute atomic E-state index is 0.0233. The number of aromatic nitrogens is 4. The number of ether oxygens (including phenoxy) is 1. The standard InChI is InChI=1S/C28H29N5O4S/c1-4-5-6-9-16-37-20-13-11-19(12-14-20)24-22(26(35)27(36)33(24)28-31-30-18(3)38-28)25(34)23-17(2)29-21-10-7-8-15-32(21)23/h7-8,10-15,24,34H,4-6,9,16H2,1-3H3. The maximum atomic E-state index is 13.5. The maximum absolute atomic E-state index is 13.5. The van der Waals surface area contributed by atoms with Crippen molar-refractivity contribution in [1.29, 1.82) is 0 Å². The van der Waals surface area contributed by atoms with Gasteiger partial charge in [-0.15, -0.1) is 10.2 Å². The Balaban J connectivity index is 1.58. The van der Waals surface area contributed by atoms with Gasteiger partial charge in [-0.05, 0) is 50.1 Å². The molecule has 10 heteroatoms. The van der Waals surface area contributed by atoms with Crippen molar-refractivity contribution in [3.63, 3.8) is 0 Å². The molecule has 5 rings (SSSR count). The van der Waals surface area contributed by atoms with Crippen molar-refractivity contribution in [1.82, 2.24) is 19.6 Å². The van der Waals surface area contributed by atoms with Crippen LogP contribution in [0.2, 0.25) is 0 Å². The van der Waals surface area contributed by atoms with E-state index in [1.807, 2.05) is 42.5 Å². The second-order valence-electron chi connectivity index (χ2n) is 9.23. The molecule has 0 spiro atoms. The summed E-state index contributed by atoms with van der Waals surface area (Å²) in [6, 6.07) is 11.8. The highest BCUT2D eigenvalue weighted by atomic mass is 32.1. The molecule has 0 aliphatic carbocycles. The number of unbranched alkanes of at least 4 members (excludes halogenated alkanes) is 3. The van der Waals surface area contributed by atoms with Crippen LogP contribution in [0, 0.1) is 13.8 Å². The zero-order valence-corrected chi connectivity index (χ0v) is 22.4. The molecule has 1 aliphatic rings. The van der Waals surface area contributed by atoms with Gasteiger partial charge in [-0.25, -0.2) is 4.98 Å². The number of rotatable bonds is 9. The Kier molecular flexibility index (Phi) is 7.24. The number of fused-ring (bicyclic) bond motifs is 1. The monoisotopic (exact) mass is 531 g/mol. The third-order valence-electron chi connectivity index (χ3n) is 6.56. The molecule has 1 saturated heterocycles. The number of aliphatic hydroxyl groups is 1. The molecule has 196 valence electrons. The molecule has 1 aromatic carbocycles. The first kappa shape index (κ1) is 25.6. The Morgan fingerprint density at radius 3 is 2.55 bits per heavy atom. The van der Waals surface area contributed by atoms with Crippen molar-refractivity contribution in [3.05, 3.63) is 76.2 Å². The Morgan fingerprint density at radius 2 is 1.84 bits per heavy atom. The van der Waals surface area contributed by atoms with Crippen LogP contribution in [0.25, 0.3) is 11.4 Å². The number of amides is 1. The van der Waals surface area contributed by atoms with E-state index >= 15 is 0 Å². The number of aliphatic hydroxyl groups excluding tert-OH is 1. The number of imidazole rings is 1. The molecule has 0 radical (unpaired) electrons. The second kappa shape index (κ2) is 10.7. The van der Waals surface area contributed by atoms with Crippen LogP contribution in [0.1, 0.15) is 60.6 Å². The number of carbonyl (C=O) groups is 2. The Morgan fingerprint density at radius 1 is 1.05 bits per heavy atom. The first-order chi connectivity index (χ1) is 18.4. The average molecular weight is 532 g/mol. The van der Waals surface area contributed by atoms with Gasteiger partial charge in [-0.2, -0.15) is 0 Å². The van der Waals surface area contributed by atoms with Gasteiger partial charge in [-0.3, -0.25) is 18.9 Å². The van der Waals surface area contributed by atoms with E-state index in [9.17, 15) is 14.7 Å². The Bertz CT molecular complexity index is 1520. The summed E-state index contributed by atoms with van der Waals surface area (Å²) in [6.45, 7) is 6.33. The molecule has 9 nitrogen and oxygen atoms in total. The molecule has 1 fully saturated rings. The number of nitrogens with zero attached hydrogens (tertiary/aromatic N) is 5. The van der Waals surface area contributed by atoms with E-state index in [0.717, 1.165) is 19.3 Å². The van der Waals surface area contributed by atoms with E-state index in [0.29, 0.717) is 45.1 Å². The fourth-order valence-electron chi connectivity index (χ4n) is 4.72. The summed E-state index contributed by atoms with van der Waals surface area (Å²) in [5.41, 5.74) is 2.15. The van der Waals surface area contributed by atoms with E-state index in [2.05, 4.69) is 22.1 Å². The number of Topliss-reactive ketones (excluding diaryl/α,β-unsaturated/α-hetero) is 1. The van der Waals surface area contributed by atoms with Crippen molar-refractivity contribution in [2.24, 2.45) is 0 Å². The molecule has 38 heavy (non-hydrogen) atoms. The van der Waals surface area contributed by atoms with Gasteiger partial charge in [0.05, 0.1) is 23.9 Å². The van der Waals surface area contributed by atoms with Crippen LogP contribution >= 0.6 is 11.3 Å². The lowest BCUT2D eigenvalue weighted by molar-refractivity contribution is -0.132. The smallest absolute Gasteiger partial charge is 0.301 e. The van der Waals surface area contributed by atoms with E-state index in [1.54, 1.807) is 24.4 Å². The van der Waals surface area contributed by atoms with Gasteiger partial charge in [0, 0.05) is 6.20 Å². The fraction of sp³-hybridized carbons (Fsp3) is 0.321. The largest absolute Gasteiger partial charge is 0.505 e. The lowest BCUT2D eigenvalue weighted by Gasteiger charge is -2.22. The lowest BCUT2D eigenvalue weighted by Crippen LogP contribution is -2.29. The first-order valence-corrected chi connectivity index (χ1v) is 13.5. The summed E-state index contributed by atoms with van der Waals surface area (Å²) in [4.78, 5) is 32.6. The van der Waals surface area contributed by atoms with Crippen LogP contribution in [-0.4, -0.2) is 43.0 Å². The molecule has 1 aliphatic heterocycles. The summed E-state index contributed by atoms with van der Waals surface area (Å²) in [6.07, 6.45) is 6.20. The third-order valence-corrected chi connectivity index (χ3v) is 7.39. The van der Waals surface area contributed by atoms with Gasteiger partial charge in [0.25, 0.3) is 5.78 Å². The molecule has 0 bridgehead atoms. The molecule has 3 aromatic heterocycles. The molecule has 1 unspecified atom stereocenters. The van der Waals surface area contributed by atoms with Crippen LogP contribution < -0.4 is 9.64 Å². The molecule has 1 atom stereocenters. The number of hydrogen-bond donors (Lipinski definition) is 1. The number of benzene rings is 1. The van der Waals surface area contributed by atoms with Crippen molar-refractivity contribution < 1.29 is 19.4 Å². The number of aryl methyl sites for hydroxylation is 2. The first-order valence-electron chi connectivity index (χ1n) is 12.7. The number of ketones is 1. The predicted octanol–water partition coefficient (Wildman–Crippen LogP) is 5.39. The second-order valence-corrected chi connectivity index (χ2v) is 10.4. The number of pyridine rings is 1. The van der Waals surface area contributed by atoms with Crippen LogP contribution in [0.15, 0.2) is 54.2 Å². The van der Waals surface area contributed by atoms with E-state index < -0.39 is 17.7 Å². The summed E-state index contributed by atoms with van der Waals surface area (Å²) < 4.78 is 7.59. The number of hydrogen-bond acceptors (Lipinski definition) is 8. The third kappa shape index (κ3) is 4.67. The van der Waals surface area contributed by atoms with E-state index in [-0.39, 0.29) is 11.3 Å². The number of carbonyl (C=O) groups excluding carboxylic acids is 2. The summed E-state index contributed by atoms with van der Waals surface area (Å²) in [5, 5.41) is 20.7. The van der Waals surface area contributed by atoms with Gasteiger partial charge < -0.3 is 9.84 Å². The van der Waals surface area contributed by atoms with Gasteiger partial charge >= 0.3 is 5.91 Å². The predicted molar refractivity (Wildman–Crippen MR) is 145 cm³/mol. The molecule has 1 amide bonds. The van der Waals surface area contributed by atoms with E-state index in [1.165, 1.54) is 22.7 Å². The van der Waals surface area contributed by atoms with E-state index in [4.69, 9.17) is 4.74 Å². The fourth-order valence-corrected chi connectivity index (χ4v) is 5.43. The molecule has 4 heterocycles. The highest BCUT2D eigenvalue weighted by molar-refractivity contribution is 7.15. The molecule has 4 aromatic rings. The average Bonchev–Trinajstić information content (AvgIpc) is 3.57. The SMILES string of the molecule is CCCCCCOc1ccc(C2C(=C(O)c3c(C)nc4ccccn34)C(=O)C(=O)N2c2nnc(C)s2)cc1. The maximum Gasteiger partial charge on any atom is 0.301 e. The molecule has 0 saturated carbocycles. The normalized spacial score (nSPS) is 17.0. The lowest BCUT2D eigenvalue weighted by atomic mass is 9.96. The highest BCUT2D eigenvalue weighted by Gasteiger charge is 2.48. The van der Waals surface area contributed by atoms with Gasteiger partial charge in [0.1, 0.15) is 22.1 Å². The van der Waals surface area contributed by atoms with Crippen LogP contribution in [0.5, 0.6) is 5.75 Å². The van der Waals surface area contributed by atoms with Gasteiger partial charge in [0.2, 0.25) is 5.13 Å². The van der Waals surface area contributed by atoms with Crippen LogP contribution in [-0.2, 0) is 9.59 Å². The van der Waals surface area contributed by atoms with Crippen LogP contribution in [0.4, 0.5) is 5.13 Å². The molecular formula is C28H29N5O4S. The summed E-state index contributed by atoms with van der Waals surface area (Å²) in [5.74, 6) is -1.14. The van der Waals surface area contributed by atoms with Gasteiger partial charge in [0.15, 0.2) is 5.76 Å². The quantitative estimate of drug-likeness (QED) is 0.133. The minimum atomic E-state index is -0.894. The minimum Gasteiger partial charge on any atom is -0.505 e. The van der Waals surface area contributed by atoms with Crippen molar-refractivity contribution in [2.75, 3.05) is 11.5 Å². The zero-order chi connectivity index (χ0) is 26.8. The molecule has 1 N–H and O–H groups in total. The topological polar surface area (TPSA) is 110 Å². The Hall–Kier alpha value is -4.05. The summed E-state index contributed by atoms with van der Waals surface area (Å²) in [7, 11) is 0. The Labute approximate surface area is 224 Å². The summed E-state index contributed by atoms with van der Waals surface area (Å²) >= 11 is 1.21. The zero-order valence-electron chi connectivity index (χ0n) is 21.5. The van der Waals surface area contributed by atoms with Crippen molar-refractivity contribution >= 4 is 39.6 Å².